The number of hydrogen-bond acceptors (Lipinski definition) is 6. The van der Waals surface area contributed by atoms with Gasteiger partial charge in [-0.25, -0.2) is 9.97 Å². The van der Waals surface area contributed by atoms with E-state index in [0.717, 1.165) is 31.7 Å². The SMILES string of the molecule is CCC(=O)Nc1ccc(C(=O)NCCNC(=O)c2cc(N3CCCC3)ncn2)cc1. The van der Waals surface area contributed by atoms with E-state index in [-0.39, 0.29) is 30.8 Å². The monoisotopic (exact) mass is 410 g/mol. The van der Waals surface area contributed by atoms with E-state index in [4.69, 9.17) is 0 Å². The summed E-state index contributed by atoms with van der Waals surface area (Å²) in [6, 6.07) is 8.33. The number of carbonyl (C=O) groups excluding carboxylic acids is 3. The summed E-state index contributed by atoms with van der Waals surface area (Å²) < 4.78 is 0. The molecule has 1 fully saturated rings. The van der Waals surface area contributed by atoms with Crippen molar-refractivity contribution in [2.75, 3.05) is 36.4 Å². The lowest BCUT2D eigenvalue weighted by atomic mass is 10.2. The van der Waals surface area contributed by atoms with E-state index >= 15 is 0 Å². The third-order valence-corrected chi connectivity index (χ3v) is 4.76. The second-order valence-corrected chi connectivity index (χ2v) is 6.95. The van der Waals surface area contributed by atoms with Crippen molar-refractivity contribution in [2.45, 2.75) is 26.2 Å². The van der Waals surface area contributed by atoms with Crippen LogP contribution < -0.4 is 20.9 Å². The Kier molecular flexibility index (Phi) is 7.31. The summed E-state index contributed by atoms with van der Waals surface area (Å²) in [4.78, 5) is 46.3. The molecule has 0 bridgehead atoms. The van der Waals surface area contributed by atoms with Gasteiger partial charge in [-0.2, -0.15) is 0 Å². The number of rotatable bonds is 8. The van der Waals surface area contributed by atoms with Crippen LogP contribution in [0.1, 0.15) is 47.0 Å². The van der Waals surface area contributed by atoms with Crippen molar-refractivity contribution in [3.8, 4) is 0 Å². The molecule has 9 nitrogen and oxygen atoms in total. The van der Waals surface area contributed by atoms with Crippen molar-refractivity contribution in [3.05, 3.63) is 47.9 Å². The summed E-state index contributed by atoms with van der Waals surface area (Å²) in [5.74, 6) is 0.123. The van der Waals surface area contributed by atoms with Crippen LogP contribution >= 0.6 is 0 Å². The van der Waals surface area contributed by atoms with Gasteiger partial charge in [0.05, 0.1) is 0 Å². The zero-order valence-electron chi connectivity index (χ0n) is 17.0. The van der Waals surface area contributed by atoms with E-state index in [1.54, 1.807) is 37.3 Å². The van der Waals surface area contributed by atoms with Gasteiger partial charge >= 0.3 is 0 Å². The number of carbonyl (C=O) groups is 3. The standard InChI is InChI=1S/C21H26N6O3/c1-2-19(28)26-16-7-5-15(6-8-16)20(29)22-9-10-23-21(30)17-13-18(25-14-24-17)27-11-3-4-12-27/h5-8,13-14H,2-4,9-12H2,1H3,(H,22,29)(H,23,30)(H,26,28). The fourth-order valence-corrected chi connectivity index (χ4v) is 3.09. The molecule has 30 heavy (non-hydrogen) atoms. The molecular weight excluding hydrogens is 384 g/mol. The summed E-state index contributed by atoms with van der Waals surface area (Å²) in [5, 5.41) is 8.23. The summed E-state index contributed by atoms with van der Waals surface area (Å²) in [7, 11) is 0. The van der Waals surface area contributed by atoms with Crippen molar-refractivity contribution >= 4 is 29.2 Å². The van der Waals surface area contributed by atoms with E-state index in [9.17, 15) is 14.4 Å². The quantitative estimate of drug-likeness (QED) is 0.569. The van der Waals surface area contributed by atoms with Crippen molar-refractivity contribution in [1.82, 2.24) is 20.6 Å². The van der Waals surface area contributed by atoms with Gasteiger partial charge in [0, 0.05) is 49.9 Å². The van der Waals surface area contributed by atoms with E-state index in [1.807, 2.05) is 0 Å². The molecule has 3 amide bonds. The second-order valence-electron chi connectivity index (χ2n) is 6.95. The Balaban J connectivity index is 1.43. The molecule has 0 saturated carbocycles. The molecule has 1 aromatic heterocycles. The van der Waals surface area contributed by atoms with Gasteiger partial charge in [-0.05, 0) is 37.1 Å². The molecule has 1 aromatic carbocycles. The van der Waals surface area contributed by atoms with Crippen molar-refractivity contribution in [1.29, 1.82) is 0 Å². The van der Waals surface area contributed by atoms with Crippen LogP contribution in [0.25, 0.3) is 0 Å². The Labute approximate surface area is 175 Å². The molecular formula is C21H26N6O3. The second kappa shape index (κ2) is 10.3. The fraction of sp³-hybridized carbons (Fsp3) is 0.381. The average Bonchev–Trinajstić information content (AvgIpc) is 3.32. The molecule has 0 atom stereocenters. The summed E-state index contributed by atoms with van der Waals surface area (Å²) >= 11 is 0. The molecule has 9 heteroatoms. The van der Waals surface area contributed by atoms with Gasteiger partial charge in [-0.15, -0.1) is 0 Å². The van der Waals surface area contributed by atoms with Crippen LogP contribution in [0.3, 0.4) is 0 Å². The first-order chi connectivity index (χ1) is 14.6. The Morgan fingerprint density at radius 2 is 1.63 bits per heavy atom. The number of benzene rings is 1. The zero-order chi connectivity index (χ0) is 21.3. The van der Waals surface area contributed by atoms with Gasteiger partial charge in [0.15, 0.2) is 0 Å². The predicted octanol–water partition coefficient (Wildman–Crippen LogP) is 1.59. The number of aromatic nitrogens is 2. The number of nitrogens with zero attached hydrogens (tertiary/aromatic N) is 3. The Morgan fingerprint density at radius 1 is 0.967 bits per heavy atom. The molecule has 2 heterocycles. The maximum atomic E-state index is 12.3. The van der Waals surface area contributed by atoms with Gasteiger partial charge < -0.3 is 20.9 Å². The zero-order valence-corrected chi connectivity index (χ0v) is 17.0. The number of amides is 3. The molecule has 158 valence electrons. The number of nitrogens with one attached hydrogen (secondary N) is 3. The molecule has 0 spiro atoms. The maximum Gasteiger partial charge on any atom is 0.270 e. The summed E-state index contributed by atoms with van der Waals surface area (Å²) in [6.45, 7) is 4.21. The van der Waals surface area contributed by atoms with Crippen LogP contribution in [-0.4, -0.2) is 53.9 Å². The molecule has 1 aliphatic rings. The maximum absolute atomic E-state index is 12.3. The van der Waals surface area contributed by atoms with Gasteiger partial charge in [-0.3, -0.25) is 14.4 Å². The van der Waals surface area contributed by atoms with Crippen LogP contribution in [0.2, 0.25) is 0 Å². The Morgan fingerprint density at radius 3 is 2.30 bits per heavy atom. The number of hydrogen-bond donors (Lipinski definition) is 3. The molecule has 3 N–H and O–H groups in total. The first-order valence-corrected chi connectivity index (χ1v) is 10.1. The van der Waals surface area contributed by atoms with E-state index < -0.39 is 0 Å². The molecule has 1 saturated heterocycles. The minimum absolute atomic E-state index is 0.0841. The molecule has 1 aliphatic heterocycles. The third kappa shape index (κ3) is 5.76. The van der Waals surface area contributed by atoms with Crippen molar-refractivity contribution in [3.63, 3.8) is 0 Å². The highest BCUT2D eigenvalue weighted by Crippen LogP contribution is 2.17. The van der Waals surface area contributed by atoms with Crippen LogP contribution in [0.4, 0.5) is 11.5 Å². The van der Waals surface area contributed by atoms with E-state index in [0.29, 0.717) is 23.4 Å². The minimum atomic E-state index is -0.303. The highest BCUT2D eigenvalue weighted by Gasteiger charge is 2.16. The molecule has 2 aromatic rings. The summed E-state index contributed by atoms with van der Waals surface area (Å²) in [6.07, 6.45) is 4.04. The lowest BCUT2D eigenvalue weighted by Gasteiger charge is -2.16. The smallest absolute Gasteiger partial charge is 0.270 e. The Bertz CT molecular complexity index is 894. The van der Waals surface area contributed by atoms with Crippen LogP contribution in [0, 0.1) is 0 Å². The lowest BCUT2D eigenvalue weighted by molar-refractivity contribution is -0.115. The average molecular weight is 410 g/mol. The van der Waals surface area contributed by atoms with Gasteiger partial charge in [0.25, 0.3) is 11.8 Å². The Hall–Kier alpha value is -3.49. The molecule has 3 rings (SSSR count). The van der Waals surface area contributed by atoms with Crippen molar-refractivity contribution in [2.24, 2.45) is 0 Å². The predicted molar refractivity (Wildman–Crippen MR) is 114 cm³/mol. The first kappa shape index (κ1) is 21.2. The van der Waals surface area contributed by atoms with Crippen LogP contribution in [0.15, 0.2) is 36.7 Å². The van der Waals surface area contributed by atoms with E-state index in [2.05, 4.69) is 30.8 Å². The fourth-order valence-electron chi connectivity index (χ4n) is 3.09. The lowest BCUT2D eigenvalue weighted by Crippen LogP contribution is -2.35. The van der Waals surface area contributed by atoms with Crippen molar-refractivity contribution < 1.29 is 14.4 Å². The van der Waals surface area contributed by atoms with Gasteiger partial charge in [0.2, 0.25) is 5.91 Å². The largest absolute Gasteiger partial charge is 0.357 e. The molecule has 0 radical (unpaired) electrons. The number of anilines is 2. The van der Waals surface area contributed by atoms with E-state index in [1.165, 1.54) is 6.33 Å². The normalized spacial score (nSPS) is 13.0. The van der Waals surface area contributed by atoms with Gasteiger partial charge in [0.1, 0.15) is 17.8 Å². The van der Waals surface area contributed by atoms with Crippen LogP contribution in [0.5, 0.6) is 0 Å². The van der Waals surface area contributed by atoms with Crippen LogP contribution in [-0.2, 0) is 4.79 Å². The summed E-state index contributed by atoms with van der Waals surface area (Å²) in [5.41, 5.74) is 1.42. The third-order valence-electron chi connectivity index (χ3n) is 4.76. The first-order valence-electron chi connectivity index (χ1n) is 10.1. The minimum Gasteiger partial charge on any atom is -0.357 e. The van der Waals surface area contributed by atoms with Gasteiger partial charge in [-0.1, -0.05) is 6.92 Å². The molecule has 0 unspecified atom stereocenters. The molecule has 0 aliphatic carbocycles. The topological polar surface area (TPSA) is 116 Å². The highest BCUT2D eigenvalue weighted by molar-refractivity contribution is 5.96. The highest BCUT2D eigenvalue weighted by atomic mass is 16.2.